The van der Waals surface area contributed by atoms with Crippen molar-refractivity contribution in [3.8, 4) is 0 Å². The summed E-state index contributed by atoms with van der Waals surface area (Å²) in [7, 11) is 0. The molecule has 6 heteroatoms. The first-order chi connectivity index (χ1) is 26.4. The maximum atomic E-state index is 5.59. The molecule has 0 atom stereocenters. The Balaban J connectivity index is 0.000000654. The fraction of sp³-hybridized carbons (Fsp3) is 0.625. The van der Waals surface area contributed by atoms with Gasteiger partial charge in [-0.2, -0.15) is 0 Å². The van der Waals surface area contributed by atoms with E-state index in [9.17, 15) is 0 Å². The zero-order valence-electron chi connectivity index (χ0n) is 35.5. The lowest BCUT2D eigenvalue weighted by molar-refractivity contribution is 0.274. The van der Waals surface area contributed by atoms with Crippen LogP contribution in [0.25, 0.3) is 0 Å². The van der Waals surface area contributed by atoms with Gasteiger partial charge in [0, 0.05) is 26.2 Å². The van der Waals surface area contributed by atoms with Crippen LogP contribution in [0.15, 0.2) is 72.8 Å². The minimum atomic E-state index is 0.577. The second-order valence-electron chi connectivity index (χ2n) is 14.8. The number of rotatable bonds is 19. The molecule has 12 N–H and O–H groups in total. The van der Waals surface area contributed by atoms with Crippen LogP contribution < -0.4 is 34.4 Å². The molecule has 0 amide bonds. The van der Waals surface area contributed by atoms with E-state index in [1.54, 1.807) is 0 Å². The number of nitrogens with two attached hydrogens (primary N) is 6. The van der Waals surface area contributed by atoms with Crippen molar-refractivity contribution in [2.75, 3.05) is 13.1 Å². The van der Waals surface area contributed by atoms with Gasteiger partial charge in [0.2, 0.25) is 0 Å². The second kappa shape index (κ2) is 37.3. The van der Waals surface area contributed by atoms with Gasteiger partial charge in [-0.1, -0.05) is 184 Å². The number of aryl methyl sites for hydroxylation is 2. The molecule has 1 fully saturated rings. The van der Waals surface area contributed by atoms with Gasteiger partial charge >= 0.3 is 0 Å². The average molecular weight is 747 g/mol. The predicted molar refractivity (Wildman–Crippen MR) is 240 cm³/mol. The van der Waals surface area contributed by atoms with Gasteiger partial charge in [0.15, 0.2) is 0 Å². The normalized spacial score (nSPS) is 14.6. The summed E-state index contributed by atoms with van der Waals surface area (Å²) in [4.78, 5) is 0. The predicted octanol–water partition coefficient (Wildman–Crippen LogP) is 10.4. The molecule has 0 aliphatic heterocycles. The van der Waals surface area contributed by atoms with Crippen LogP contribution >= 0.6 is 0 Å². The molecule has 0 aromatic heterocycles. The topological polar surface area (TPSA) is 156 Å². The molecule has 0 unspecified atom stereocenters. The van der Waals surface area contributed by atoms with Crippen molar-refractivity contribution in [1.29, 1.82) is 0 Å². The Morgan fingerprint density at radius 3 is 1.28 bits per heavy atom. The van der Waals surface area contributed by atoms with E-state index in [0.717, 1.165) is 48.9 Å². The van der Waals surface area contributed by atoms with Crippen molar-refractivity contribution in [2.24, 2.45) is 46.2 Å². The molecule has 0 bridgehead atoms. The van der Waals surface area contributed by atoms with Gasteiger partial charge in [-0.3, -0.25) is 0 Å². The van der Waals surface area contributed by atoms with Gasteiger partial charge < -0.3 is 34.4 Å². The van der Waals surface area contributed by atoms with Crippen LogP contribution in [0.2, 0.25) is 0 Å². The number of benzene rings is 3. The Hall–Kier alpha value is -2.58. The van der Waals surface area contributed by atoms with E-state index in [-0.39, 0.29) is 0 Å². The molecule has 1 saturated carbocycles. The summed E-state index contributed by atoms with van der Waals surface area (Å²) in [6, 6.07) is 24.8. The number of unbranched alkanes of at least 4 members (excludes halogenated alkanes) is 10. The molecule has 4 rings (SSSR count). The van der Waals surface area contributed by atoms with E-state index < -0.39 is 0 Å². The summed E-state index contributed by atoms with van der Waals surface area (Å²) in [5.41, 5.74) is 40.3. The molecule has 0 radical (unpaired) electrons. The Morgan fingerprint density at radius 2 is 0.870 bits per heavy atom. The third-order valence-electron chi connectivity index (χ3n) is 10.5. The largest absolute Gasteiger partial charge is 0.330 e. The first-order valence-electron chi connectivity index (χ1n) is 21.8. The van der Waals surface area contributed by atoms with Crippen LogP contribution in [0.5, 0.6) is 0 Å². The number of hydrogen-bond donors (Lipinski definition) is 6. The quantitative estimate of drug-likeness (QED) is 0.0671. The van der Waals surface area contributed by atoms with E-state index in [2.05, 4.69) is 76.2 Å². The second-order valence-corrected chi connectivity index (χ2v) is 14.8. The lowest BCUT2D eigenvalue weighted by Crippen LogP contribution is -2.20. The fourth-order valence-corrected chi connectivity index (χ4v) is 6.53. The monoisotopic (exact) mass is 747 g/mol. The van der Waals surface area contributed by atoms with Crippen LogP contribution in [-0.4, -0.2) is 13.1 Å². The zero-order valence-corrected chi connectivity index (χ0v) is 35.5. The zero-order chi connectivity index (χ0) is 40.1. The molecular formula is C48H86N6. The highest BCUT2D eigenvalue weighted by Gasteiger charge is 2.18. The summed E-state index contributed by atoms with van der Waals surface area (Å²) < 4.78 is 0. The summed E-state index contributed by atoms with van der Waals surface area (Å²) >= 11 is 0. The maximum absolute atomic E-state index is 5.59. The minimum Gasteiger partial charge on any atom is -0.330 e. The first kappa shape index (κ1) is 51.4. The third kappa shape index (κ3) is 27.1. The van der Waals surface area contributed by atoms with Crippen LogP contribution in [-0.2, 0) is 39.0 Å². The maximum Gasteiger partial charge on any atom is 0.0181 e. The van der Waals surface area contributed by atoms with Crippen molar-refractivity contribution >= 4 is 0 Å². The average Bonchev–Trinajstić information content (AvgIpc) is 3.25. The van der Waals surface area contributed by atoms with Gasteiger partial charge in [0.05, 0.1) is 0 Å². The van der Waals surface area contributed by atoms with Crippen LogP contribution in [0.1, 0.15) is 164 Å². The Morgan fingerprint density at radius 1 is 0.426 bits per heavy atom. The Labute approximate surface area is 334 Å². The fourth-order valence-electron chi connectivity index (χ4n) is 6.53. The summed E-state index contributed by atoms with van der Waals surface area (Å²) in [5, 5.41) is 0. The summed E-state index contributed by atoms with van der Waals surface area (Å²) in [6.45, 7) is 13.1. The van der Waals surface area contributed by atoms with Crippen molar-refractivity contribution in [1.82, 2.24) is 0 Å². The smallest absolute Gasteiger partial charge is 0.0181 e. The molecule has 3 aromatic rings. The summed E-state index contributed by atoms with van der Waals surface area (Å²) in [5.74, 6) is 1.87. The van der Waals surface area contributed by atoms with E-state index >= 15 is 0 Å². The van der Waals surface area contributed by atoms with Crippen LogP contribution in [0.4, 0.5) is 0 Å². The Bertz CT molecular complexity index is 1120. The van der Waals surface area contributed by atoms with Crippen LogP contribution in [0, 0.1) is 11.8 Å². The molecule has 3 aromatic carbocycles. The third-order valence-corrected chi connectivity index (χ3v) is 10.5. The molecule has 6 nitrogen and oxygen atoms in total. The van der Waals surface area contributed by atoms with Crippen LogP contribution in [0.3, 0.4) is 0 Å². The molecule has 0 heterocycles. The van der Waals surface area contributed by atoms with Crippen molar-refractivity contribution in [3.05, 3.63) is 106 Å². The van der Waals surface area contributed by atoms with Gasteiger partial charge in [-0.05, 0) is 90.4 Å². The molecule has 0 saturated heterocycles. The number of hydrogen-bond acceptors (Lipinski definition) is 6. The molecule has 1 aliphatic carbocycles. The van der Waals surface area contributed by atoms with Crippen molar-refractivity contribution < 1.29 is 0 Å². The van der Waals surface area contributed by atoms with E-state index in [1.165, 1.54) is 125 Å². The van der Waals surface area contributed by atoms with E-state index in [1.807, 2.05) is 24.3 Å². The molecule has 308 valence electrons. The highest BCUT2D eigenvalue weighted by atomic mass is 14.6. The minimum absolute atomic E-state index is 0.577. The highest BCUT2D eigenvalue weighted by Crippen LogP contribution is 2.29. The highest BCUT2D eigenvalue weighted by molar-refractivity contribution is 5.26. The van der Waals surface area contributed by atoms with Gasteiger partial charge in [-0.25, -0.2) is 0 Å². The van der Waals surface area contributed by atoms with Gasteiger partial charge in [0.1, 0.15) is 0 Å². The SMILES string of the molecule is CCC1CCC(CN)CC1.CCCCCCCCCCCCCN.CCc1ccc(CN)cc1.CCc1cccc(CN)c1.NCc1ccccc1CN. The summed E-state index contributed by atoms with van der Waals surface area (Å²) in [6.07, 6.45) is 24.6. The van der Waals surface area contributed by atoms with E-state index in [0.29, 0.717) is 26.2 Å². The molecule has 1 aliphatic rings. The van der Waals surface area contributed by atoms with E-state index in [4.69, 9.17) is 34.4 Å². The lowest BCUT2D eigenvalue weighted by Gasteiger charge is -2.26. The molecule has 0 spiro atoms. The molecular weight excluding hydrogens is 661 g/mol. The Kier molecular flexibility index (Phi) is 35.6. The van der Waals surface area contributed by atoms with Gasteiger partial charge in [-0.15, -0.1) is 0 Å². The first-order valence-corrected chi connectivity index (χ1v) is 21.8. The van der Waals surface area contributed by atoms with Gasteiger partial charge in [0.25, 0.3) is 0 Å². The lowest BCUT2D eigenvalue weighted by atomic mass is 9.81. The molecule has 54 heavy (non-hydrogen) atoms. The van der Waals surface area contributed by atoms with Crippen molar-refractivity contribution in [3.63, 3.8) is 0 Å². The standard InChI is InChI=1S/C13H29N.C9H19N.2C9H13N.C8H12N2/c1-2-3-4-5-6-7-8-9-10-11-12-13-14;2*1-2-8-3-5-9(7-10)6-4-8;1-2-8-4-3-5-9(6-8)7-10;9-5-7-3-1-2-4-8(7)6-10/h2-14H2,1H3;8-9H,2-7,10H2,1H3;2*3-6H,2,7,10H2,1H3;1-4H,5-6,9-10H2. The van der Waals surface area contributed by atoms with Crippen molar-refractivity contribution in [2.45, 2.75) is 169 Å².